The van der Waals surface area contributed by atoms with E-state index >= 15 is 0 Å². The van der Waals surface area contributed by atoms with Crippen LogP contribution in [-0.2, 0) is 35.2 Å². The van der Waals surface area contributed by atoms with Crippen molar-refractivity contribution in [1.82, 2.24) is 25.9 Å². The Morgan fingerprint density at radius 3 is 2.17 bits per heavy atom. The van der Waals surface area contributed by atoms with Crippen molar-refractivity contribution in [3.63, 3.8) is 0 Å². The lowest BCUT2D eigenvalue weighted by Crippen LogP contribution is -2.59. The number of aliphatic carboxylic acids is 2. The van der Waals surface area contributed by atoms with E-state index < -0.39 is 72.1 Å². The quantitative estimate of drug-likeness (QED) is 0.117. The van der Waals surface area contributed by atoms with Crippen LogP contribution < -0.4 is 27.4 Å². The number of carbonyl (C=O) groups is 6. The first-order valence-electron chi connectivity index (χ1n) is 11.2. The summed E-state index contributed by atoms with van der Waals surface area (Å²) in [6, 6.07) is -5.32. The molecule has 0 aliphatic rings. The number of hydrogen-bond donors (Lipinski definition) is 8. The molecule has 1 aromatic rings. The standard InChI is InChI=1S/C21H33N7O8/c1-3-10(2)17(28-18(32)12(22)7-16(30)31)20(34)26-13(4-5-15(23)29)19(33)27-14(21(35)36)6-11-8-24-9-25-11/h8-10,12-14,17H,3-7,22H2,1-2H3,(H2,23,29)(H,24,25)(H,26,34)(H,27,33)(H,28,32)(H,30,31)(H,35,36). The fourth-order valence-corrected chi connectivity index (χ4v) is 3.15. The molecule has 4 amide bonds. The van der Waals surface area contributed by atoms with Crippen LogP contribution in [0, 0.1) is 5.92 Å². The molecule has 5 unspecified atom stereocenters. The van der Waals surface area contributed by atoms with E-state index in [2.05, 4.69) is 25.9 Å². The first kappa shape index (κ1) is 30.0. The molecule has 5 atom stereocenters. The smallest absolute Gasteiger partial charge is 0.326 e. The van der Waals surface area contributed by atoms with Crippen LogP contribution in [0.2, 0.25) is 0 Å². The Hall–Kier alpha value is -4.01. The Labute approximate surface area is 206 Å². The summed E-state index contributed by atoms with van der Waals surface area (Å²) in [6.45, 7) is 3.40. The third-order valence-corrected chi connectivity index (χ3v) is 5.43. The normalized spacial score (nSPS) is 15.0. The lowest BCUT2D eigenvalue weighted by molar-refractivity contribution is -0.142. The zero-order valence-electron chi connectivity index (χ0n) is 20.0. The first-order chi connectivity index (χ1) is 16.8. The zero-order chi connectivity index (χ0) is 27.4. The van der Waals surface area contributed by atoms with Crippen molar-refractivity contribution in [3.8, 4) is 0 Å². The molecular weight excluding hydrogens is 478 g/mol. The molecule has 0 aliphatic carbocycles. The molecule has 0 radical (unpaired) electrons. The van der Waals surface area contributed by atoms with Gasteiger partial charge in [-0.05, 0) is 12.3 Å². The summed E-state index contributed by atoms with van der Waals surface area (Å²) in [7, 11) is 0. The highest BCUT2D eigenvalue weighted by molar-refractivity contribution is 5.95. The molecule has 0 saturated carbocycles. The molecule has 15 heteroatoms. The van der Waals surface area contributed by atoms with Gasteiger partial charge in [-0.25, -0.2) is 9.78 Å². The number of nitrogens with two attached hydrogens (primary N) is 2. The SMILES string of the molecule is CCC(C)C(NC(=O)C(N)CC(=O)O)C(=O)NC(CCC(N)=O)C(=O)NC(Cc1cnc[nH]1)C(=O)O. The van der Waals surface area contributed by atoms with Crippen molar-refractivity contribution in [2.45, 2.75) is 70.1 Å². The molecule has 0 spiro atoms. The zero-order valence-corrected chi connectivity index (χ0v) is 20.0. The van der Waals surface area contributed by atoms with Crippen molar-refractivity contribution < 1.29 is 39.0 Å². The van der Waals surface area contributed by atoms with Crippen LogP contribution in [0.1, 0.15) is 45.2 Å². The van der Waals surface area contributed by atoms with Gasteiger partial charge in [-0.1, -0.05) is 20.3 Å². The summed E-state index contributed by atoms with van der Waals surface area (Å²) in [6.07, 6.45) is 1.86. The lowest BCUT2D eigenvalue weighted by Gasteiger charge is -2.27. The molecule has 15 nitrogen and oxygen atoms in total. The Morgan fingerprint density at radius 1 is 1.03 bits per heavy atom. The maximum atomic E-state index is 13.1. The van der Waals surface area contributed by atoms with Gasteiger partial charge in [-0.2, -0.15) is 0 Å². The van der Waals surface area contributed by atoms with Gasteiger partial charge in [-0.3, -0.25) is 24.0 Å². The second-order valence-corrected chi connectivity index (χ2v) is 8.32. The number of amides is 4. The van der Waals surface area contributed by atoms with Crippen molar-refractivity contribution in [2.75, 3.05) is 0 Å². The van der Waals surface area contributed by atoms with E-state index in [0.717, 1.165) is 0 Å². The number of imidazole rings is 1. The van der Waals surface area contributed by atoms with E-state index in [1.165, 1.54) is 12.5 Å². The predicted octanol–water partition coefficient (Wildman–Crippen LogP) is -2.40. The maximum absolute atomic E-state index is 13.1. The van der Waals surface area contributed by atoms with Crippen LogP contribution in [0.4, 0.5) is 0 Å². The summed E-state index contributed by atoms with van der Waals surface area (Å²) in [4.78, 5) is 78.6. The van der Waals surface area contributed by atoms with Crippen LogP contribution in [-0.4, -0.2) is 79.9 Å². The number of rotatable bonds is 16. The van der Waals surface area contributed by atoms with E-state index in [9.17, 15) is 33.9 Å². The number of nitrogens with one attached hydrogen (secondary N) is 4. The predicted molar refractivity (Wildman–Crippen MR) is 124 cm³/mol. The number of carboxylic acids is 2. The van der Waals surface area contributed by atoms with Crippen LogP contribution in [0.5, 0.6) is 0 Å². The molecule has 1 aromatic heterocycles. The summed E-state index contributed by atoms with van der Waals surface area (Å²) in [5.74, 6) is -6.39. The van der Waals surface area contributed by atoms with Crippen LogP contribution >= 0.6 is 0 Å². The first-order valence-corrected chi connectivity index (χ1v) is 11.2. The summed E-state index contributed by atoms with van der Waals surface area (Å²) in [5.41, 5.74) is 11.2. The van der Waals surface area contributed by atoms with Gasteiger partial charge in [0.15, 0.2) is 0 Å². The third kappa shape index (κ3) is 10.1. The highest BCUT2D eigenvalue weighted by Crippen LogP contribution is 2.10. The van der Waals surface area contributed by atoms with Gasteiger partial charge in [0.1, 0.15) is 18.1 Å². The average Bonchev–Trinajstić information content (AvgIpc) is 3.31. The van der Waals surface area contributed by atoms with E-state index in [4.69, 9.17) is 16.6 Å². The molecule has 1 heterocycles. The van der Waals surface area contributed by atoms with Crippen LogP contribution in [0.3, 0.4) is 0 Å². The van der Waals surface area contributed by atoms with E-state index in [1.807, 2.05) is 0 Å². The molecule has 0 saturated heterocycles. The van der Waals surface area contributed by atoms with Gasteiger partial charge < -0.3 is 42.6 Å². The monoisotopic (exact) mass is 511 g/mol. The van der Waals surface area contributed by atoms with Gasteiger partial charge in [0.25, 0.3) is 0 Å². The molecule has 200 valence electrons. The number of H-pyrrole nitrogens is 1. The second kappa shape index (κ2) is 14.4. The molecule has 0 bridgehead atoms. The fraction of sp³-hybridized carbons (Fsp3) is 0.571. The van der Waals surface area contributed by atoms with Gasteiger partial charge in [0.05, 0.1) is 18.8 Å². The summed E-state index contributed by atoms with van der Waals surface area (Å²) >= 11 is 0. The molecule has 0 aliphatic heterocycles. The van der Waals surface area contributed by atoms with E-state index in [-0.39, 0.29) is 19.3 Å². The van der Waals surface area contributed by atoms with E-state index in [1.54, 1.807) is 13.8 Å². The highest BCUT2D eigenvalue weighted by Gasteiger charge is 2.33. The molecule has 0 aromatic carbocycles. The molecular formula is C21H33N7O8. The Bertz CT molecular complexity index is 937. The second-order valence-electron chi connectivity index (χ2n) is 8.32. The lowest BCUT2D eigenvalue weighted by atomic mass is 9.97. The largest absolute Gasteiger partial charge is 0.481 e. The Kier molecular flexibility index (Phi) is 12.0. The Balaban J connectivity index is 3.04. The van der Waals surface area contributed by atoms with Crippen LogP contribution in [0.15, 0.2) is 12.5 Å². The number of hydrogen-bond acceptors (Lipinski definition) is 8. The summed E-state index contributed by atoms with van der Waals surface area (Å²) < 4.78 is 0. The fourth-order valence-electron chi connectivity index (χ4n) is 3.15. The van der Waals surface area contributed by atoms with E-state index in [0.29, 0.717) is 12.1 Å². The third-order valence-electron chi connectivity index (χ3n) is 5.43. The van der Waals surface area contributed by atoms with Gasteiger partial charge in [-0.15, -0.1) is 0 Å². The minimum Gasteiger partial charge on any atom is -0.481 e. The highest BCUT2D eigenvalue weighted by atomic mass is 16.4. The number of carboxylic acid groups (broad SMARTS) is 2. The number of nitrogens with zero attached hydrogens (tertiary/aromatic N) is 1. The van der Waals surface area contributed by atoms with Gasteiger partial charge in [0, 0.05) is 24.7 Å². The molecule has 0 fully saturated rings. The van der Waals surface area contributed by atoms with Crippen molar-refractivity contribution in [3.05, 3.63) is 18.2 Å². The minimum absolute atomic E-state index is 0.120. The van der Waals surface area contributed by atoms with Crippen LogP contribution in [0.25, 0.3) is 0 Å². The maximum Gasteiger partial charge on any atom is 0.326 e. The van der Waals surface area contributed by atoms with Crippen molar-refractivity contribution in [1.29, 1.82) is 0 Å². The number of aromatic amines is 1. The number of aromatic nitrogens is 2. The number of carbonyl (C=O) groups excluding carboxylic acids is 4. The van der Waals surface area contributed by atoms with Gasteiger partial charge >= 0.3 is 11.9 Å². The van der Waals surface area contributed by atoms with Crippen molar-refractivity contribution in [2.24, 2.45) is 17.4 Å². The molecule has 1 rings (SSSR count). The summed E-state index contributed by atoms with van der Waals surface area (Å²) in [5, 5.41) is 25.5. The molecule has 36 heavy (non-hydrogen) atoms. The van der Waals surface area contributed by atoms with Crippen molar-refractivity contribution >= 4 is 35.6 Å². The van der Waals surface area contributed by atoms with Gasteiger partial charge in [0.2, 0.25) is 23.6 Å². The average molecular weight is 512 g/mol. The number of primary amides is 1. The Morgan fingerprint density at radius 2 is 1.67 bits per heavy atom. The topological polar surface area (TPSA) is 260 Å². The molecule has 10 N–H and O–H groups in total. The minimum atomic E-state index is -1.41.